The third kappa shape index (κ3) is 5.27. The Balaban J connectivity index is 3.72. The summed E-state index contributed by atoms with van der Waals surface area (Å²) in [5.74, 6) is 0.332. The minimum atomic E-state index is -0.692. The summed E-state index contributed by atoms with van der Waals surface area (Å²) in [6.45, 7) is 9.02. The van der Waals surface area contributed by atoms with Crippen molar-refractivity contribution in [3.63, 3.8) is 0 Å². The quantitative estimate of drug-likeness (QED) is 0.474. The standard InChI is InChI=1S/C11H25NO/c1-5-7-8-9-10(3)11(4,13)12-6-2/h10,12-13H,5-9H2,1-4H3. The highest BCUT2D eigenvalue weighted by molar-refractivity contribution is 4.75. The fraction of sp³-hybridized carbons (Fsp3) is 1.00. The van der Waals surface area contributed by atoms with E-state index in [1.54, 1.807) is 0 Å². The van der Waals surface area contributed by atoms with Crippen molar-refractivity contribution in [1.29, 1.82) is 0 Å². The third-order valence-corrected chi connectivity index (χ3v) is 2.73. The second kappa shape index (κ2) is 6.39. The average Bonchev–Trinajstić information content (AvgIpc) is 2.04. The highest BCUT2D eigenvalue weighted by atomic mass is 16.3. The van der Waals surface area contributed by atoms with Gasteiger partial charge in [0.05, 0.1) is 0 Å². The fourth-order valence-electron chi connectivity index (χ4n) is 1.51. The van der Waals surface area contributed by atoms with Gasteiger partial charge in [-0.15, -0.1) is 0 Å². The van der Waals surface area contributed by atoms with Gasteiger partial charge < -0.3 is 5.11 Å². The summed E-state index contributed by atoms with van der Waals surface area (Å²) >= 11 is 0. The lowest BCUT2D eigenvalue weighted by Crippen LogP contribution is -2.47. The lowest BCUT2D eigenvalue weighted by atomic mass is 9.93. The van der Waals surface area contributed by atoms with Gasteiger partial charge in [-0.3, -0.25) is 5.32 Å². The molecule has 0 aromatic carbocycles. The molecule has 0 bridgehead atoms. The number of rotatable bonds is 7. The molecule has 0 aromatic heterocycles. The van der Waals surface area contributed by atoms with E-state index in [2.05, 4.69) is 19.2 Å². The zero-order valence-corrected chi connectivity index (χ0v) is 9.56. The van der Waals surface area contributed by atoms with E-state index in [0.29, 0.717) is 5.92 Å². The van der Waals surface area contributed by atoms with Gasteiger partial charge in [0.2, 0.25) is 0 Å². The lowest BCUT2D eigenvalue weighted by Gasteiger charge is -2.31. The van der Waals surface area contributed by atoms with Crippen molar-refractivity contribution in [2.75, 3.05) is 6.54 Å². The van der Waals surface area contributed by atoms with Gasteiger partial charge in [0.25, 0.3) is 0 Å². The first-order valence-corrected chi connectivity index (χ1v) is 5.52. The molecule has 0 saturated carbocycles. The molecule has 0 fully saturated rings. The SMILES string of the molecule is CCCCCC(C)C(C)(O)NCC. The summed E-state index contributed by atoms with van der Waals surface area (Å²) < 4.78 is 0. The molecule has 2 heteroatoms. The number of unbranched alkanes of at least 4 members (excludes halogenated alkanes) is 2. The lowest BCUT2D eigenvalue weighted by molar-refractivity contribution is -0.0283. The van der Waals surface area contributed by atoms with Crippen molar-refractivity contribution in [2.45, 2.75) is 59.1 Å². The Bertz CT molecular complexity index is 123. The largest absolute Gasteiger partial charge is 0.376 e. The fourth-order valence-corrected chi connectivity index (χ4v) is 1.51. The molecule has 0 aromatic rings. The molecule has 0 aliphatic heterocycles. The molecule has 0 aliphatic carbocycles. The summed E-state index contributed by atoms with van der Waals surface area (Å²) in [6, 6.07) is 0. The topological polar surface area (TPSA) is 32.3 Å². The molecule has 0 aliphatic rings. The molecule has 2 unspecified atom stereocenters. The second-order valence-corrected chi connectivity index (χ2v) is 4.07. The van der Waals surface area contributed by atoms with Crippen LogP contribution < -0.4 is 5.32 Å². The summed E-state index contributed by atoms with van der Waals surface area (Å²) in [5, 5.41) is 13.1. The van der Waals surface area contributed by atoms with Crippen molar-refractivity contribution < 1.29 is 5.11 Å². The van der Waals surface area contributed by atoms with Crippen LogP contribution in [0.25, 0.3) is 0 Å². The van der Waals surface area contributed by atoms with Crippen molar-refractivity contribution in [1.82, 2.24) is 5.32 Å². The summed E-state index contributed by atoms with van der Waals surface area (Å²) in [4.78, 5) is 0. The molecule has 0 rings (SSSR count). The van der Waals surface area contributed by atoms with Crippen molar-refractivity contribution in [2.24, 2.45) is 5.92 Å². The van der Waals surface area contributed by atoms with Crippen LogP contribution >= 0.6 is 0 Å². The highest BCUT2D eigenvalue weighted by Gasteiger charge is 2.25. The van der Waals surface area contributed by atoms with Gasteiger partial charge in [-0.05, 0) is 25.8 Å². The molecule has 0 saturated heterocycles. The predicted molar refractivity (Wildman–Crippen MR) is 57.6 cm³/mol. The molecule has 2 N–H and O–H groups in total. The Kier molecular flexibility index (Phi) is 6.35. The van der Waals surface area contributed by atoms with E-state index in [1.807, 2.05) is 13.8 Å². The van der Waals surface area contributed by atoms with E-state index in [9.17, 15) is 5.11 Å². The number of hydrogen-bond acceptors (Lipinski definition) is 2. The average molecular weight is 187 g/mol. The number of hydrogen-bond donors (Lipinski definition) is 2. The van der Waals surface area contributed by atoms with Crippen LogP contribution in [-0.2, 0) is 0 Å². The van der Waals surface area contributed by atoms with Crippen LogP contribution in [0.2, 0.25) is 0 Å². The number of aliphatic hydroxyl groups is 1. The minimum absolute atomic E-state index is 0.332. The Labute approximate surface area is 82.7 Å². The van der Waals surface area contributed by atoms with Gasteiger partial charge in [0.15, 0.2) is 0 Å². The van der Waals surface area contributed by atoms with Gasteiger partial charge in [-0.2, -0.15) is 0 Å². The number of nitrogens with one attached hydrogen (secondary N) is 1. The molecule has 13 heavy (non-hydrogen) atoms. The zero-order chi connectivity index (χ0) is 10.3. The van der Waals surface area contributed by atoms with Gasteiger partial charge in [0, 0.05) is 0 Å². The maximum Gasteiger partial charge on any atom is 0.115 e. The van der Waals surface area contributed by atoms with E-state index in [1.165, 1.54) is 19.3 Å². The third-order valence-electron chi connectivity index (χ3n) is 2.73. The van der Waals surface area contributed by atoms with Crippen molar-refractivity contribution in [3.05, 3.63) is 0 Å². The Morgan fingerprint density at radius 1 is 1.31 bits per heavy atom. The van der Waals surface area contributed by atoms with Crippen LogP contribution in [0.1, 0.15) is 53.4 Å². The van der Waals surface area contributed by atoms with Crippen molar-refractivity contribution >= 4 is 0 Å². The second-order valence-electron chi connectivity index (χ2n) is 4.07. The van der Waals surface area contributed by atoms with E-state index >= 15 is 0 Å². The molecule has 0 radical (unpaired) electrons. The molecular weight excluding hydrogens is 162 g/mol. The maximum atomic E-state index is 9.97. The van der Waals surface area contributed by atoms with Crippen molar-refractivity contribution in [3.8, 4) is 0 Å². The molecule has 80 valence electrons. The smallest absolute Gasteiger partial charge is 0.115 e. The van der Waals surface area contributed by atoms with Crippen LogP contribution in [0.15, 0.2) is 0 Å². The molecular formula is C11H25NO. The predicted octanol–water partition coefficient (Wildman–Crippen LogP) is 2.52. The minimum Gasteiger partial charge on any atom is -0.376 e. The van der Waals surface area contributed by atoms with Crippen LogP contribution in [0, 0.1) is 5.92 Å². The van der Waals surface area contributed by atoms with Gasteiger partial charge in [-0.1, -0.05) is 40.0 Å². The molecule has 2 nitrogen and oxygen atoms in total. The van der Waals surface area contributed by atoms with Crippen LogP contribution in [0.4, 0.5) is 0 Å². The summed E-state index contributed by atoms with van der Waals surface area (Å²) in [6.07, 6.45) is 4.84. The first kappa shape index (κ1) is 12.9. The Morgan fingerprint density at radius 3 is 2.38 bits per heavy atom. The normalized spacial score (nSPS) is 18.2. The van der Waals surface area contributed by atoms with Gasteiger partial charge in [0.1, 0.15) is 5.72 Å². The van der Waals surface area contributed by atoms with Gasteiger partial charge in [-0.25, -0.2) is 0 Å². The molecule has 0 heterocycles. The van der Waals surface area contributed by atoms with Crippen LogP contribution in [0.3, 0.4) is 0 Å². The zero-order valence-electron chi connectivity index (χ0n) is 9.56. The molecule has 0 amide bonds. The van der Waals surface area contributed by atoms with E-state index in [0.717, 1.165) is 13.0 Å². The van der Waals surface area contributed by atoms with E-state index in [4.69, 9.17) is 0 Å². The summed E-state index contributed by atoms with van der Waals surface area (Å²) in [5.41, 5.74) is -0.692. The first-order valence-electron chi connectivity index (χ1n) is 5.52. The Morgan fingerprint density at radius 2 is 1.92 bits per heavy atom. The van der Waals surface area contributed by atoms with Crippen LogP contribution in [0.5, 0.6) is 0 Å². The molecule has 2 atom stereocenters. The van der Waals surface area contributed by atoms with E-state index < -0.39 is 5.72 Å². The van der Waals surface area contributed by atoms with Crippen LogP contribution in [-0.4, -0.2) is 17.4 Å². The Hall–Kier alpha value is -0.0800. The maximum absolute atomic E-state index is 9.97. The summed E-state index contributed by atoms with van der Waals surface area (Å²) in [7, 11) is 0. The molecule has 0 spiro atoms. The first-order chi connectivity index (χ1) is 6.04. The highest BCUT2D eigenvalue weighted by Crippen LogP contribution is 2.20. The monoisotopic (exact) mass is 187 g/mol. The van der Waals surface area contributed by atoms with Gasteiger partial charge >= 0.3 is 0 Å². The van der Waals surface area contributed by atoms with E-state index in [-0.39, 0.29) is 0 Å².